The molecule has 0 aliphatic rings. The SMILES string of the molecule is CCCCNC(=O)CN(CCN(CCN(CC(=O)O)CC(=O)O)CC(=O)O)CC(=O)O. The van der Waals surface area contributed by atoms with Gasteiger partial charge in [0.1, 0.15) is 0 Å². The van der Waals surface area contributed by atoms with Gasteiger partial charge in [0.15, 0.2) is 0 Å². The second-order valence-corrected chi connectivity index (χ2v) is 6.98. The maximum absolute atomic E-state index is 12.0. The molecule has 0 saturated carbocycles. The molecule has 31 heavy (non-hydrogen) atoms. The zero-order valence-corrected chi connectivity index (χ0v) is 17.7. The van der Waals surface area contributed by atoms with E-state index >= 15 is 0 Å². The number of hydrogen-bond acceptors (Lipinski definition) is 8. The fraction of sp³-hybridized carbons (Fsp3) is 0.722. The Labute approximate surface area is 180 Å². The highest BCUT2D eigenvalue weighted by Crippen LogP contribution is 1.97. The minimum absolute atomic E-state index is 0.0116. The summed E-state index contributed by atoms with van der Waals surface area (Å²) >= 11 is 0. The van der Waals surface area contributed by atoms with Crippen LogP contribution >= 0.6 is 0 Å². The summed E-state index contributed by atoms with van der Waals surface area (Å²) in [5.41, 5.74) is 0. The summed E-state index contributed by atoms with van der Waals surface area (Å²) in [6, 6.07) is 0. The number of nitrogens with zero attached hydrogens (tertiary/aromatic N) is 3. The zero-order valence-electron chi connectivity index (χ0n) is 17.7. The minimum atomic E-state index is -1.22. The van der Waals surface area contributed by atoms with Gasteiger partial charge in [-0.25, -0.2) is 0 Å². The average Bonchev–Trinajstić information content (AvgIpc) is 2.62. The van der Waals surface area contributed by atoms with Crippen molar-refractivity contribution in [3.05, 3.63) is 0 Å². The molecule has 5 N–H and O–H groups in total. The highest BCUT2D eigenvalue weighted by atomic mass is 16.4. The summed E-state index contributed by atoms with van der Waals surface area (Å²) in [5.74, 6) is -5.06. The summed E-state index contributed by atoms with van der Waals surface area (Å²) in [5, 5.41) is 38.6. The van der Waals surface area contributed by atoms with Crippen LogP contribution in [0.2, 0.25) is 0 Å². The van der Waals surface area contributed by atoms with Crippen molar-refractivity contribution in [3.8, 4) is 0 Å². The van der Waals surface area contributed by atoms with Crippen LogP contribution in [0.3, 0.4) is 0 Å². The van der Waals surface area contributed by atoms with Gasteiger partial charge in [-0.05, 0) is 6.42 Å². The van der Waals surface area contributed by atoms with Gasteiger partial charge in [-0.2, -0.15) is 0 Å². The predicted molar refractivity (Wildman–Crippen MR) is 108 cm³/mol. The second kappa shape index (κ2) is 16.0. The van der Waals surface area contributed by atoms with Gasteiger partial charge >= 0.3 is 23.9 Å². The van der Waals surface area contributed by atoms with Crippen LogP contribution < -0.4 is 5.32 Å². The Morgan fingerprint density at radius 3 is 1.35 bits per heavy atom. The Morgan fingerprint density at radius 1 is 0.613 bits per heavy atom. The summed E-state index contributed by atoms with van der Waals surface area (Å²) in [7, 11) is 0. The van der Waals surface area contributed by atoms with E-state index in [-0.39, 0.29) is 38.6 Å². The van der Waals surface area contributed by atoms with Gasteiger partial charge in [0.2, 0.25) is 5.91 Å². The number of amides is 1. The van der Waals surface area contributed by atoms with Crippen molar-refractivity contribution in [2.75, 3.05) is 65.4 Å². The first kappa shape index (κ1) is 28.2. The Morgan fingerprint density at radius 2 is 0.968 bits per heavy atom. The van der Waals surface area contributed by atoms with E-state index in [0.717, 1.165) is 17.7 Å². The van der Waals surface area contributed by atoms with E-state index in [1.807, 2.05) is 6.92 Å². The fourth-order valence-corrected chi connectivity index (χ4v) is 2.69. The molecule has 0 aromatic carbocycles. The minimum Gasteiger partial charge on any atom is -0.480 e. The van der Waals surface area contributed by atoms with Gasteiger partial charge in [0.05, 0.1) is 32.7 Å². The van der Waals surface area contributed by atoms with Crippen LogP contribution in [0.15, 0.2) is 0 Å². The Kier molecular flexibility index (Phi) is 14.6. The molecule has 0 heterocycles. The maximum atomic E-state index is 12.0. The highest BCUT2D eigenvalue weighted by Gasteiger charge is 2.19. The first-order chi connectivity index (χ1) is 14.5. The smallest absolute Gasteiger partial charge is 0.317 e. The van der Waals surface area contributed by atoms with Crippen molar-refractivity contribution in [1.29, 1.82) is 0 Å². The number of carboxylic acids is 4. The highest BCUT2D eigenvalue weighted by molar-refractivity contribution is 5.79. The van der Waals surface area contributed by atoms with Gasteiger partial charge in [-0.15, -0.1) is 0 Å². The molecule has 0 fully saturated rings. The number of nitrogens with one attached hydrogen (secondary N) is 1. The standard InChI is InChI=1S/C18H32N4O9/c1-2-3-4-19-14(23)9-21(11-16(26)27)7-5-20(10-15(24)25)6-8-22(12-17(28)29)13-18(30)31/h2-13H2,1H3,(H,19,23)(H,24,25)(H,26,27)(H,28,29)(H,30,31). The number of rotatable bonds is 19. The van der Waals surface area contributed by atoms with E-state index in [1.54, 1.807) is 0 Å². The van der Waals surface area contributed by atoms with E-state index in [9.17, 15) is 24.0 Å². The molecule has 0 radical (unpaired) electrons. The first-order valence-electron chi connectivity index (χ1n) is 9.84. The third kappa shape index (κ3) is 16.7. The van der Waals surface area contributed by atoms with E-state index in [2.05, 4.69) is 5.32 Å². The first-order valence-corrected chi connectivity index (χ1v) is 9.84. The molecule has 0 unspecified atom stereocenters. The quantitative estimate of drug-likeness (QED) is 0.139. The monoisotopic (exact) mass is 448 g/mol. The molecule has 0 aliphatic heterocycles. The van der Waals surface area contributed by atoms with Gasteiger partial charge in [-0.3, -0.25) is 38.7 Å². The molecule has 1 amide bonds. The number of carbonyl (C=O) groups excluding carboxylic acids is 1. The van der Waals surface area contributed by atoms with Gasteiger partial charge in [0, 0.05) is 32.7 Å². The summed E-state index contributed by atoms with van der Waals surface area (Å²) in [4.78, 5) is 59.9. The van der Waals surface area contributed by atoms with Crippen molar-refractivity contribution >= 4 is 29.8 Å². The number of unbranched alkanes of at least 4 members (excludes halogenated alkanes) is 1. The normalized spacial score (nSPS) is 11.1. The molecule has 0 aliphatic carbocycles. The third-order valence-corrected chi connectivity index (χ3v) is 4.12. The zero-order chi connectivity index (χ0) is 23.8. The van der Waals surface area contributed by atoms with E-state index in [0.29, 0.717) is 6.54 Å². The van der Waals surface area contributed by atoms with E-state index < -0.39 is 50.1 Å². The molecular formula is C18H32N4O9. The van der Waals surface area contributed by atoms with E-state index in [1.165, 1.54) is 9.80 Å². The number of carboxylic acid groups (broad SMARTS) is 4. The predicted octanol–water partition coefficient (Wildman–Crippen LogP) is -1.85. The largest absolute Gasteiger partial charge is 0.480 e. The lowest BCUT2D eigenvalue weighted by Crippen LogP contribution is -2.46. The van der Waals surface area contributed by atoms with E-state index in [4.69, 9.17) is 20.4 Å². The lowest BCUT2D eigenvalue weighted by Gasteiger charge is -2.27. The van der Waals surface area contributed by atoms with Crippen LogP contribution in [0.5, 0.6) is 0 Å². The third-order valence-electron chi connectivity index (χ3n) is 4.12. The number of hydrogen-bond donors (Lipinski definition) is 5. The van der Waals surface area contributed by atoms with Crippen molar-refractivity contribution in [2.45, 2.75) is 19.8 Å². The Bertz CT molecular complexity index is 599. The molecule has 0 bridgehead atoms. The van der Waals surface area contributed by atoms with Crippen LogP contribution in [-0.4, -0.2) is 130 Å². The van der Waals surface area contributed by atoms with Crippen LogP contribution in [-0.2, 0) is 24.0 Å². The lowest BCUT2D eigenvalue weighted by molar-refractivity contribution is -0.143. The molecule has 0 atom stereocenters. The van der Waals surface area contributed by atoms with Crippen LogP contribution in [0.4, 0.5) is 0 Å². The molecule has 0 aromatic heterocycles. The van der Waals surface area contributed by atoms with Gasteiger partial charge < -0.3 is 25.7 Å². The van der Waals surface area contributed by atoms with Crippen LogP contribution in [0.25, 0.3) is 0 Å². The molecular weight excluding hydrogens is 416 g/mol. The molecule has 0 aromatic rings. The van der Waals surface area contributed by atoms with Crippen LogP contribution in [0, 0.1) is 0 Å². The fourth-order valence-electron chi connectivity index (χ4n) is 2.69. The average molecular weight is 448 g/mol. The Hall–Kier alpha value is -2.77. The van der Waals surface area contributed by atoms with Crippen molar-refractivity contribution in [1.82, 2.24) is 20.0 Å². The molecule has 13 heteroatoms. The molecule has 178 valence electrons. The van der Waals surface area contributed by atoms with Crippen molar-refractivity contribution in [2.24, 2.45) is 0 Å². The molecule has 13 nitrogen and oxygen atoms in total. The topological polar surface area (TPSA) is 188 Å². The maximum Gasteiger partial charge on any atom is 0.317 e. The van der Waals surface area contributed by atoms with Crippen LogP contribution in [0.1, 0.15) is 19.8 Å². The van der Waals surface area contributed by atoms with Gasteiger partial charge in [-0.1, -0.05) is 13.3 Å². The number of aliphatic carboxylic acids is 4. The Balaban J connectivity index is 4.92. The second-order valence-electron chi connectivity index (χ2n) is 6.98. The molecule has 0 spiro atoms. The lowest BCUT2D eigenvalue weighted by atomic mass is 10.3. The molecule has 0 saturated heterocycles. The van der Waals surface area contributed by atoms with Gasteiger partial charge in [0.25, 0.3) is 0 Å². The van der Waals surface area contributed by atoms with Crippen molar-refractivity contribution in [3.63, 3.8) is 0 Å². The summed E-state index contributed by atoms with van der Waals surface area (Å²) in [6.07, 6.45) is 1.68. The summed E-state index contributed by atoms with van der Waals surface area (Å²) < 4.78 is 0. The molecule has 0 rings (SSSR count). The number of carbonyl (C=O) groups is 5. The summed E-state index contributed by atoms with van der Waals surface area (Å²) in [6.45, 7) is 0.642. The van der Waals surface area contributed by atoms with Crippen molar-refractivity contribution < 1.29 is 44.4 Å².